The summed E-state index contributed by atoms with van der Waals surface area (Å²) in [4.78, 5) is 10.2. The maximum Gasteiger partial charge on any atom is 0.313 e. The number of carboxylic acid groups (broad SMARTS) is 1. The molecule has 0 heterocycles. The van der Waals surface area contributed by atoms with Crippen LogP contribution < -0.4 is 4.74 Å². The lowest BCUT2D eigenvalue weighted by Crippen LogP contribution is -2.04. The van der Waals surface area contributed by atoms with Gasteiger partial charge in [0.1, 0.15) is 11.6 Å². The van der Waals surface area contributed by atoms with Crippen LogP contribution >= 0.6 is 11.8 Å². The third-order valence-corrected chi connectivity index (χ3v) is 2.44. The topological polar surface area (TPSA) is 46.5 Å². The van der Waals surface area contributed by atoms with Crippen molar-refractivity contribution in [2.75, 3.05) is 18.1 Å². The van der Waals surface area contributed by atoms with Crippen molar-refractivity contribution in [2.45, 2.75) is 0 Å². The Morgan fingerprint density at radius 3 is 2.67 bits per heavy atom. The standard InChI is InChI=1S/C10H11FO3S/c11-8-1-3-9(4-2-8)14-5-6-15-7-10(12)13/h1-4H,5-7H2,(H,12,13). The van der Waals surface area contributed by atoms with Gasteiger partial charge < -0.3 is 9.84 Å². The van der Waals surface area contributed by atoms with Crippen molar-refractivity contribution in [3.8, 4) is 5.75 Å². The molecule has 1 rings (SSSR count). The zero-order valence-corrected chi connectivity index (χ0v) is 8.80. The fraction of sp³-hybridized carbons (Fsp3) is 0.300. The van der Waals surface area contributed by atoms with E-state index in [4.69, 9.17) is 9.84 Å². The average molecular weight is 230 g/mol. The molecule has 82 valence electrons. The van der Waals surface area contributed by atoms with E-state index in [1.807, 2.05) is 0 Å². The molecule has 0 unspecified atom stereocenters. The van der Waals surface area contributed by atoms with Crippen LogP contribution in [0.3, 0.4) is 0 Å². The van der Waals surface area contributed by atoms with Crippen molar-refractivity contribution in [3.05, 3.63) is 30.1 Å². The largest absolute Gasteiger partial charge is 0.493 e. The number of halogens is 1. The smallest absolute Gasteiger partial charge is 0.313 e. The van der Waals surface area contributed by atoms with Crippen LogP contribution in [-0.2, 0) is 4.79 Å². The molecule has 0 amide bonds. The van der Waals surface area contributed by atoms with Gasteiger partial charge in [-0.15, -0.1) is 11.8 Å². The van der Waals surface area contributed by atoms with Gasteiger partial charge in [-0.1, -0.05) is 0 Å². The molecule has 0 aromatic heterocycles. The lowest BCUT2D eigenvalue weighted by Gasteiger charge is -2.04. The minimum atomic E-state index is -0.832. The van der Waals surface area contributed by atoms with E-state index in [0.29, 0.717) is 18.1 Å². The quantitative estimate of drug-likeness (QED) is 0.759. The zero-order chi connectivity index (χ0) is 11.1. The highest BCUT2D eigenvalue weighted by atomic mass is 32.2. The van der Waals surface area contributed by atoms with E-state index in [1.165, 1.54) is 36.0 Å². The molecule has 5 heteroatoms. The molecule has 0 bridgehead atoms. The minimum absolute atomic E-state index is 0.0762. The van der Waals surface area contributed by atoms with Gasteiger partial charge in [0.2, 0.25) is 0 Å². The number of aliphatic carboxylic acids is 1. The maximum atomic E-state index is 12.5. The number of rotatable bonds is 6. The number of ether oxygens (including phenoxy) is 1. The van der Waals surface area contributed by atoms with E-state index in [1.54, 1.807) is 0 Å². The van der Waals surface area contributed by atoms with Crippen LogP contribution in [0.25, 0.3) is 0 Å². The van der Waals surface area contributed by atoms with E-state index in [-0.39, 0.29) is 11.6 Å². The monoisotopic (exact) mass is 230 g/mol. The molecule has 0 aliphatic rings. The highest BCUT2D eigenvalue weighted by Crippen LogP contribution is 2.11. The summed E-state index contributed by atoms with van der Waals surface area (Å²) in [5.41, 5.74) is 0. The third kappa shape index (κ3) is 5.27. The molecule has 0 saturated carbocycles. The van der Waals surface area contributed by atoms with E-state index < -0.39 is 5.97 Å². The lowest BCUT2D eigenvalue weighted by atomic mass is 10.3. The second kappa shape index (κ2) is 6.29. The Bertz CT molecular complexity index is 313. The molecule has 0 fully saturated rings. The van der Waals surface area contributed by atoms with Crippen LogP contribution in [0.2, 0.25) is 0 Å². The number of hydrogen-bond donors (Lipinski definition) is 1. The summed E-state index contributed by atoms with van der Waals surface area (Å²) in [6.45, 7) is 0.420. The summed E-state index contributed by atoms with van der Waals surface area (Å²) in [6, 6.07) is 5.72. The van der Waals surface area contributed by atoms with E-state index in [0.717, 1.165) is 0 Å². The van der Waals surface area contributed by atoms with Gasteiger partial charge in [-0.3, -0.25) is 4.79 Å². The van der Waals surface area contributed by atoms with Gasteiger partial charge in [0.25, 0.3) is 0 Å². The summed E-state index contributed by atoms with van der Waals surface area (Å²) < 4.78 is 17.8. The van der Waals surface area contributed by atoms with E-state index >= 15 is 0 Å². The predicted octanol–water partition coefficient (Wildman–Crippen LogP) is 2.02. The SMILES string of the molecule is O=C(O)CSCCOc1ccc(F)cc1. The van der Waals surface area contributed by atoms with Crippen LogP contribution in [0.1, 0.15) is 0 Å². The lowest BCUT2D eigenvalue weighted by molar-refractivity contribution is -0.133. The van der Waals surface area contributed by atoms with Crippen LogP contribution in [-0.4, -0.2) is 29.2 Å². The zero-order valence-electron chi connectivity index (χ0n) is 7.98. The Balaban J connectivity index is 2.15. The van der Waals surface area contributed by atoms with Gasteiger partial charge in [0, 0.05) is 5.75 Å². The number of thioether (sulfide) groups is 1. The Kier molecular flexibility index (Phi) is 4.97. The first-order valence-corrected chi connectivity index (χ1v) is 5.52. The highest BCUT2D eigenvalue weighted by Gasteiger charge is 1.97. The Morgan fingerprint density at radius 1 is 1.40 bits per heavy atom. The van der Waals surface area contributed by atoms with Gasteiger partial charge in [-0.2, -0.15) is 0 Å². The molecule has 1 N–H and O–H groups in total. The van der Waals surface area contributed by atoms with Crippen LogP contribution in [0.5, 0.6) is 5.75 Å². The molecule has 1 aromatic rings. The molecule has 0 aliphatic heterocycles. The molecular weight excluding hydrogens is 219 g/mol. The third-order valence-electron chi connectivity index (χ3n) is 1.54. The molecule has 0 radical (unpaired) electrons. The van der Waals surface area contributed by atoms with E-state index in [9.17, 15) is 9.18 Å². The second-order valence-electron chi connectivity index (χ2n) is 2.75. The predicted molar refractivity (Wildman–Crippen MR) is 56.9 cm³/mol. The Morgan fingerprint density at radius 2 is 2.07 bits per heavy atom. The van der Waals surface area contributed by atoms with Gasteiger partial charge >= 0.3 is 5.97 Å². The van der Waals surface area contributed by atoms with Crippen molar-refractivity contribution in [2.24, 2.45) is 0 Å². The fourth-order valence-corrected chi connectivity index (χ4v) is 1.43. The van der Waals surface area contributed by atoms with Gasteiger partial charge in [0.15, 0.2) is 0 Å². The highest BCUT2D eigenvalue weighted by molar-refractivity contribution is 7.99. The van der Waals surface area contributed by atoms with Crippen molar-refractivity contribution in [1.82, 2.24) is 0 Å². The van der Waals surface area contributed by atoms with Gasteiger partial charge in [-0.25, -0.2) is 4.39 Å². The van der Waals surface area contributed by atoms with Gasteiger partial charge in [0.05, 0.1) is 12.4 Å². The Labute approximate surface area is 91.2 Å². The molecule has 0 atom stereocenters. The number of carbonyl (C=O) groups is 1. The molecular formula is C10H11FO3S. The van der Waals surface area contributed by atoms with E-state index in [2.05, 4.69) is 0 Å². The molecule has 15 heavy (non-hydrogen) atoms. The first-order valence-electron chi connectivity index (χ1n) is 4.36. The normalized spacial score (nSPS) is 9.93. The molecule has 0 saturated heterocycles. The van der Waals surface area contributed by atoms with Crippen LogP contribution in [0.4, 0.5) is 4.39 Å². The molecule has 1 aromatic carbocycles. The maximum absolute atomic E-state index is 12.5. The van der Waals surface area contributed by atoms with Crippen molar-refractivity contribution in [1.29, 1.82) is 0 Å². The average Bonchev–Trinajstić information content (AvgIpc) is 2.20. The molecule has 0 aliphatic carbocycles. The fourth-order valence-electron chi connectivity index (χ4n) is 0.909. The van der Waals surface area contributed by atoms with Crippen LogP contribution in [0, 0.1) is 5.82 Å². The summed E-state index contributed by atoms with van der Waals surface area (Å²) >= 11 is 1.29. The first-order chi connectivity index (χ1) is 7.18. The van der Waals surface area contributed by atoms with Crippen molar-refractivity contribution >= 4 is 17.7 Å². The summed E-state index contributed by atoms with van der Waals surface area (Å²) in [5, 5.41) is 8.36. The first kappa shape index (κ1) is 11.8. The van der Waals surface area contributed by atoms with Crippen molar-refractivity contribution < 1.29 is 19.0 Å². The molecule has 3 nitrogen and oxygen atoms in total. The number of hydrogen-bond acceptors (Lipinski definition) is 3. The summed E-state index contributed by atoms with van der Waals surface area (Å²) in [6.07, 6.45) is 0. The molecule has 0 spiro atoms. The summed E-state index contributed by atoms with van der Waals surface area (Å²) in [5.74, 6) is 0.132. The number of benzene rings is 1. The number of carboxylic acids is 1. The second-order valence-corrected chi connectivity index (χ2v) is 3.85. The minimum Gasteiger partial charge on any atom is -0.493 e. The van der Waals surface area contributed by atoms with Gasteiger partial charge in [-0.05, 0) is 24.3 Å². The van der Waals surface area contributed by atoms with Crippen molar-refractivity contribution in [3.63, 3.8) is 0 Å². The summed E-state index contributed by atoms with van der Waals surface area (Å²) in [7, 11) is 0. The van der Waals surface area contributed by atoms with Crippen LogP contribution in [0.15, 0.2) is 24.3 Å². The Hall–Kier alpha value is -1.23.